The number of nitrogens with zero attached hydrogens (tertiary/aromatic N) is 6. The van der Waals surface area contributed by atoms with Crippen molar-refractivity contribution in [3.05, 3.63) is 18.0 Å². The molecule has 2 saturated heterocycles. The summed E-state index contributed by atoms with van der Waals surface area (Å²) in [6, 6.07) is 3.96. The lowest BCUT2D eigenvalue weighted by Gasteiger charge is -2.16. The van der Waals surface area contributed by atoms with Crippen molar-refractivity contribution < 1.29 is 4.79 Å². The molecule has 0 unspecified atom stereocenters. The SMILES string of the molecule is O=C(CCc1nnc2ccc(N3CCCC3)nn12)NCCN1CCCC1. The highest BCUT2D eigenvalue weighted by Gasteiger charge is 2.16. The number of hydrogen-bond acceptors (Lipinski definition) is 6. The number of aromatic nitrogens is 4. The van der Waals surface area contributed by atoms with Crippen LogP contribution in [-0.4, -0.2) is 69.9 Å². The summed E-state index contributed by atoms with van der Waals surface area (Å²) in [5.74, 6) is 1.78. The second-order valence-corrected chi connectivity index (χ2v) is 7.17. The standard InChI is InChI=1S/C18H27N7O/c26-18(19-9-14-23-10-1-2-11-23)8-7-16-21-20-15-5-6-17(22-25(15)16)24-12-3-4-13-24/h5-6H,1-4,7-14H2,(H,19,26). The van der Waals surface area contributed by atoms with E-state index in [0.29, 0.717) is 12.8 Å². The highest BCUT2D eigenvalue weighted by molar-refractivity contribution is 5.76. The summed E-state index contributed by atoms with van der Waals surface area (Å²) < 4.78 is 1.78. The molecular weight excluding hydrogens is 330 g/mol. The van der Waals surface area contributed by atoms with Gasteiger partial charge in [0.05, 0.1) is 0 Å². The number of nitrogens with one attached hydrogen (secondary N) is 1. The minimum Gasteiger partial charge on any atom is -0.355 e. The molecule has 26 heavy (non-hydrogen) atoms. The van der Waals surface area contributed by atoms with Crippen molar-refractivity contribution in [3.63, 3.8) is 0 Å². The summed E-state index contributed by atoms with van der Waals surface area (Å²) in [6.45, 7) is 6.08. The molecule has 8 heteroatoms. The number of rotatable bonds is 7. The Balaban J connectivity index is 1.31. The van der Waals surface area contributed by atoms with Gasteiger partial charge in [0.1, 0.15) is 5.82 Å². The van der Waals surface area contributed by atoms with E-state index in [4.69, 9.17) is 0 Å². The molecule has 1 N–H and O–H groups in total. The Hall–Kier alpha value is -2.22. The molecule has 0 bridgehead atoms. The summed E-state index contributed by atoms with van der Waals surface area (Å²) in [5, 5.41) is 16.1. The quantitative estimate of drug-likeness (QED) is 0.792. The van der Waals surface area contributed by atoms with Crippen LogP contribution in [0.5, 0.6) is 0 Å². The normalized spacial score (nSPS) is 18.1. The molecular formula is C18H27N7O. The molecule has 0 radical (unpaired) electrons. The maximum atomic E-state index is 12.1. The predicted molar refractivity (Wildman–Crippen MR) is 99.2 cm³/mol. The van der Waals surface area contributed by atoms with E-state index in [2.05, 4.69) is 30.4 Å². The van der Waals surface area contributed by atoms with Crippen LogP contribution in [0.1, 0.15) is 37.9 Å². The van der Waals surface area contributed by atoms with Crippen LogP contribution < -0.4 is 10.2 Å². The summed E-state index contributed by atoms with van der Waals surface area (Å²) in [6.07, 6.45) is 5.95. The summed E-state index contributed by atoms with van der Waals surface area (Å²) in [5.41, 5.74) is 0.734. The fourth-order valence-corrected chi connectivity index (χ4v) is 3.77. The fraction of sp³-hybridized carbons (Fsp3) is 0.667. The lowest BCUT2D eigenvalue weighted by Crippen LogP contribution is -2.33. The molecule has 2 aliphatic rings. The number of carbonyl (C=O) groups is 1. The molecule has 2 aromatic heterocycles. The van der Waals surface area contributed by atoms with Gasteiger partial charge >= 0.3 is 0 Å². The molecule has 0 aliphatic carbocycles. The Morgan fingerprint density at radius 2 is 1.81 bits per heavy atom. The van der Waals surface area contributed by atoms with Gasteiger partial charge in [-0.15, -0.1) is 15.3 Å². The third-order valence-corrected chi connectivity index (χ3v) is 5.27. The second-order valence-electron chi connectivity index (χ2n) is 7.17. The Morgan fingerprint density at radius 1 is 1.04 bits per heavy atom. The van der Waals surface area contributed by atoms with Gasteiger partial charge in [0.2, 0.25) is 5.91 Å². The average molecular weight is 357 g/mol. The molecule has 2 aliphatic heterocycles. The Morgan fingerprint density at radius 3 is 2.62 bits per heavy atom. The Bertz CT molecular complexity index is 747. The zero-order valence-electron chi connectivity index (χ0n) is 15.2. The molecule has 2 fully saturated rings. The van der Waals surface area contributed by atoms with Crippen molar-refractivity contribution in [2.24, 2.45) is 0 Å². The van der Waals surface area contributed by atoms with Crippen molar-refractivity contribution >= 4 is 17.4 Å². The van der Waals surface area contributed by atoms with Gasteiger partial charge in [-0.3, -0.25) is 4.79 Å². The zero-order valence-corrected chi connectivity index (χ0v) is 15.2. The van der Waals surface area contributed by atoms with Gasteiger partial charge in [-0.2, -0.15) is 4.52 Å². The number of likely N-dealkylation sites (tertiary alicyclic amines) is 1. The number of aryl methyl sites for hydroxylation is 1. The fourth-order valence-electron chi connectivity index (χ4n) is 3.77. The van der Waals surface area contributed by atoms with E-state index < -0.39 is 0 Å². The summed E-state index contributed by atoms with van der Waals surface area (Å²) >= 11 is 0. The summed E-state index contributed by atoms with van der Waals surface area (Å²) in [7, 11) is 0. The van der Waals surface area contributed by atoms with Gasteiger partial charge in [-0.05, 0) is 50.9 Å². The van der Waals surface area contributed by atoms with E-state index in [9.17, 15) is 4.79 Å². The van der Waals surface area contributed by atoms with Crippen molar-refractivity contribution in [2.75, 3.05) is 44.2 Å². The first-order valence-electron chi connectivity index (χ1n) is 9.75. The van der Waals surface area contributed by atoms with E-state index in [1.54, 1.807) is 4.52 Å². The van der Waals surface area contributed by atoms with Gasteiger partial charge in [0.15, 0.2) is 11.5 Å². The average Bonchev–Trinajstić information content (AvgIpc) is 3.41. The third-order valence-electron chi connectivity index (χ3n) is 5.27. The molecule has 0 aromatic carbocycles. The largest absolute Gasteiger partial charge is 0.355 e. The van der Waals surface area contributed by atoms with Crippen LogP contribution in [-0.2, 0) is 11.2 Å². The van der Waals surface area contributed by atoms with Crippen LogP contribution in [0.25, 0.3) is 5.65 Å². The second kappa shape index (κ2) is 7.99. The number of hydrogen-bond donors (Lipinski definition) is 1. The minimum absolute atomic E-state index is 0.0663. The maximum Gasteiger partial charge on any atom is 0.220 e. The van der Waals surface area contributed by atoms with Crippen LogP contribution >= 0.6 is 0 Å². The number of amides is 1. The monoisotopic (exact) mass is 357 g/mol. The molecule has 0 saturated carbocycles. The van der Waals surface area contributed by atoms with E-state index >= 15 is 0 Å². The maximum absolute atomic E-state index is 12.1. The van der Waals surface area contributed by atoms with E-state index in [0.717, 1.165) is 56.6 Å². The van der Waals surface area contributed by atoms with Crippen LogP contribution in [0.2, 0.25) is 0 Å². The lowest BCUT2D eigenvalue weighted by atomic mass is 10.3. The number of anilines is 1. The zero-order chi connectivity index (χ0) is 17.8. The van der Waals surface area contributed by atoms with E-state index in [1.807, 2.05) is 12.1 Å². The number of carbonyl (C=O) groups excluding carboxylic acids is 1. The Labute approximate surface area is 153 Å². The van der Waals surface area contributed by atoms with Crippen molar-refractivity contribution in [2.45, 2.75) is 38.5 Å². The predicted octanol–water partition coefficient (Wildman–Crippen LogP) is 0.869. The van der Waals surface area contributed by atoms with Crippen LogP contribution in [0.15, 0.2) is 12.1 Å². The van der Waals surface area contributed by atoms with Gasteiger partial charge in [0, 0.05) is 39.0 Å². The van der Waals surface area contributed by atoms with Gasteiger partial charge in [-0.25, -0.2) is 0 Å². The molecule has 0 atom stereocenters. The van der Waals surface area contributed by atoms with Gasteiger partial charge in [0.25, 0.3) is 0 Å². The van der Waals surface area contributed by atoms with Crippen LogP contribution in [0.4, 0.5) is 5.82 Å². The molecule has 140 valence electrons. The molecule has 1 amide bonds. The van der Waals surface area contributed by atoms with Crippen LogP contribution in [0, 0.1) is 0 Å². The minimum atomic E-state index is 0.0663. The highest BCUT2D eigenvalue weighted by Crippen LogP contribution is 2.18. The first-order chi connectivity index (χ1) is 12.8. The highest BCUT2D eigenvalue weighted by atomic mass is 16.1. The molecule has 8 nitrogen and oxygen atoms in total. The molecule has 4 heterocycles. The lowest BCUT2D eigenvalue weighted by molar-refractivity contribution is -0.121. The third kappa shape index (κ3) is 3.95. The van der Waals surface area contributed by atoms with Crippen molar-refractivity contribution in [1.29, 1.82) is 0 Å². The first-order valence-corrected chi connectivity index (χ1v) is 9.75. The summed E-state index contributed by atoms with van der Waals surface area (Å²) in [4.78, 5) is 16.8. The van der Waals surface area contributed by atoms with Gasteiger partial charge < -0.3 is 15.1 Å². The van der Waals surface area contributed by atoms with E-state index in [-0.39, 0.29) is 5.91 Å². The topological polar surface area (TPSA) is 78.7 Å². The van der Waals surface area contributed by atoms with Crippen molar-refractivity contribution in [1.82, 2.24) is 30.0 Å². The Kier molecular flexibility index (Phi) is 5.29. The first kappa shape index (κ1) is 17.2. The van der Waals surface area contributed by atoms with Gasteiger partial charge in [-0.1, -0.05) is 0 Å². The molecule has 4 rings (SSSR count). The van der Waals surface area contributed by atoms with Crippen LogP contribution in [0.3, 0.4) is 0 Å². The molecule has 0 spiro atoms. The smallest absolute Gasteiger partial charge is 0.220 e. The van der Waals surface area contributed by atoms with E-state index in [1.165, 1.54) is 25.7 Å². The molecule has 2 aromatic rings. The number of fused-ring (bicyclic) bond motifs is 1. The van der Waals surface area contributed by atoms with Crippen molar-refractivity contribution in [3.8, 4) is 0 Å².